The zero-order valence-electron chi connectivity index (χ0n) is 17.6. The first kappa shape index (κ1) is 19.2. The summed E-state index contributed by atoms with van der Waals surface area (Å²) in [5.41, 5.74) is 2.67. The van der Waals surface area contributed by atoms with Crippen molar-refractivity contribution in [3.8, 4) is 0 Å². The number of ketones is 1. The van der Waals surface area contributed by atoms with E-state index in [-0.39, 0.29) is 16.9 Å². The fourth-order valence-electron chi connectivity index (χ4n) is 7.05. The zero-order chi connectivity index (χ0) is 19.4. The first-order chi connectivity index (χ1) is 12.8. The number of aliphatic hydroxyl groups excluding tert-OH is 1. The minimum absolute atomic E-state index is 0.147. The topological polar surface area (TPSA) is 40.5 Å². The molecule has 0 aliphatic heterocycles. The van der Waals surface area contributed by atoms with Gasteiger partial charge in [-0.3, -0.25) is 4.79 Å². The lowest BCUT2D eigenvalue weighted by Gasteiger charge is -2.56. The Morgan fingerprint density at radius 1 is 1.11 bits per heavy atom. The third-order valence-corrected chi connectivity index (χ3v) is 8.87. The Hall–Kier alpha value is -1.09. The number of carbonyl (C=O) groups is 1. The molecule has 3 saturated carbocycles. The number of hydrogen-bond donors (Lipinski definition) is 1. The highest BCUT2D eigenvalue weighted by atomic mass is 16.3. The van der Waals surface area contributed by atoms with Crippen LogP contribution in [0.25, 0.3) is 0 Å². The lowest BCUT2D eigenvalue weighted by Crippen LogP contribution is -2.50. The van der Waals surface area contributed by atoms with Crippen molar-refractivity contribution in [2.45, 2.75) is 78.7 Å². The largest absolute Gasteiger partial charge is 0.393 e. The smallest absolute Gasteiger partial charge is 0.166 e. The molecule has 0 spiro atoms. The van der Waals surface area contributed by atoms with E-state index in [4.69, 9.17) is 0 Å². The van der Waals surface area contributed by atoms with Crippen LogP contribution in [0, 0.1) is 28.6 Å². The van der Waals surface area contributed by atoms with Crippen LogP contribution in [0.3, 0.4) is 0 Å². The number of aliphatic hydroxyl groups is 1. The number of nitrogens with zero attached hydrogens (tertiary/aromatic N) is 1. The third-order valence-electron chi connectivity index (χ3n) is 8.87. The summed E-state index contributed by atoms with van der Waals surface area (Å²) in [6, 6.07) is 0. The van der Waals surface area contributed by atoms with E-state index < -0.39 is 0 Å². The van der Waals surface area contributed by atoms with Crippen molar-refractivity contribution < 1.29 is 9.90 Å². The van der Waals surface area contributed by atoms with Crippen molar-refractivity contribution in [1.29, 1.82) is 0 Å². The van der Waals surface area contributed by atoms with Crippen molar-refractivity contribution >= 4 is 5.78 Å². The van der Waals surface area contributed by atoms with Crippen LogP contribution in [0.5, 0.6) is 0 Å². The molecule has 6 atom stereocenters. The van der Waals surface area contributed by atoms with Gasteiger partial charge in [0.2, 0.25) is 0 Å². The van der Waals surface area contributed by atoms with Gasteiger partial charge in [-0.25, -0.2) is 0 Å². The van der Waals surface area contributed by atoms with Gasteiger partial charge in [0.15, 0.2) is 5.78 Å². The van der Waals surface area contributed by atoms with E-state index in [0.717, 1.165) is 57.2 Å². The maximum atomic E-state index is 13.4. The summed E-state index contributed by atoms with van der Waals surface area (Å²) in [4.78, 5) is 15.6. The molecule has 0 aromatic heterocycles. The molecule has 0 amide bonds. The van der Waals surface area contributed by atoms with E-state index in [1.54, 1.807) is 0 Å². The normalized spacial score (nSPS) is 45.1. The minimum Gasteiger partial charge on any atom is -0.393 e. The molecule has 0 aromatic carbocycles. The molecule has 150 valence electrons. The summed E-state index contributed by atoms with van der Waals surface area (Å²) in [6.45, 7) is 11.0. The third kappa shape index (κ3) is 2.84. The van der Waals surface area contributed by atoms with Crippen molar-refractivity contribution in [3.63, 3.8) is 0 Å². The van der Waals surface area contributed by atoms with Gasteiger partial charge in [-0.05, 0) is 82.0 Å². The average Bonchev–Trinajstić information content (AvgIpc) is 2.91. The van der Waals surface area contributed by atoms with Gasteiger partial charge >= 0.3 is 0 Å². The molecule has 27 heavy (non-hydrogen) atoms. The molecule has 0 heterocycles. The van der Waals surface area contributed by atoms with Crippen LogP contribution in [0.4, 0.5) is 0 Å². The molecule has 0 aromatic rings. The Kier molecular flexibility index (Phi) is 4.81. The van der Waals surface area contributed by atoms with E-state index in [0.29, 0.717) is 23.5 Å². The van der Waals surface area contributed by atoms with Gasteiger partial charge in [0.1, 0.15) is 0 Å². The molecule has 0 saturated heterocycles. The molecule has 0 bridgehead atoms. The summed E-state index contributed by atoms with van der Waals surface area (Å²) in [6.07, 6.45) is 11.7. The molecule has 3 fully saturated rings. The maximum Gasteiger partial charge on any atom is 0.166 e. The van der Waals surface area contributed by atoms with E-state index in [1.807, 2.05) is 0 Å². The van der Waals surface area contributed by atoms with Gasteiger partial charge in [-0.1, -0.05) is 25.5 Å². The molecule has 1 N–H and O–H groups in total. The van der Waals surface area contributed by atoms with E-state index >= 15 is 0 Å². The van der Waals surface area contributed by atoms with Crippen LogP contribution in [0.2, 0.25) is 0 Å². The first-order valence-corrected chi connectivity index (χ1v) is 11.2. The molecular weight excluding hydrogens is 334 g/mol. The lowest BCUT2D eigenvalue weighted by atomic mass is 9.48. The summed E-state index contributed by atoms with van der Waals surface area (Å²) in [5, 5.41) is 10.2. The number of fused-ring (bicyclic) bond motifs is 5. The Labute approximate surface area is 164 Å². The molecule has 4 aliphatic carbocycles. The summed E-state index contributed by atoms with van der Waals surface area (Å²) in [7, 11) is 0. The maximum absolute atomic E-state index is 13.4. The van der Waals surface area contributed by atoms with Crippen LogP contribution in [-0.2, 0) is 4.79 Å². The lowest BCUT2D eigenvalue weighted by molar-refractivity contribution is -0.130. The standard InChI is InChI=1S/C24H37NO2/c1-5-25(6-2)15-16-13-21-19-8-7-17-14-18(26)9-11-23(17,3)20(19)10-12-24(21,4)22(16)27/h7,15,18-21,26H,5-6,8-14H2,1-4H3/b16-15+/t18-,19-,20+,21+,23+,24+/m1/s1. The molecule has 3 nitrogen and oxygen atoms in total. The fourth-order valence-corrected chi connectivity index (χ4v) is 7.05. The highest BCUT2D eigenvalue weighted by Gasteiger charge is 2.59. The van der Waals surface area contributed by atoms with E-state index in [2.05, 4.69) is 44.9 Å². The minimum atomic E-state index is -0.157. The first-order valence-electron chi connectivity index (χ1n) is 11.2. The van der Waals surface area contributed by atoms with Gasteiger partial charge in [0, 0.05) is 30.3 Å². The number of allylic oxidation sites excluding steroid dienone is 2. The zero-order valence-corrected chi connectivity index (χ0v) is 17.6. The van der Waals surface area contributed by atoms with E-state index in [9.17, 15) is 9.90 Å². The Morgan fingerprint density at radius 3 is 2.52 bits per heavy atom. The number of carbonyl (C=O) groups excluding carboxylic acids is 1. The summed E-state index contributed by atoms with van der Waals surface area (Å²) in [5.74, 6) is 2.23. The Morgan fingerprint density at radius 2 is 1.81 bits per heavy atom. The predicted molar refractivity (Wildman–Crippen MR) is 109 cm³/mol. The van der Waals surface area contributed by atoms with Crippen LogP contribution in [-0.4, -0.2) is 35.0 Å². The average molecular weight is 372 g/mol. The predicted octanol–water partition coefficient (Wildman–Crippen LogP) is 4.71. The second kappa shape index (κ2) is 6.76. The Balaban J connectivity index is 1.65. The van der Waals surface area contributed by atoms with Crippen LogP contribution in [0.1, 0.15) is 72.6 Å². The van der Waals surface area contributed by atoms with Crippen LogP contribution in [0.15, 0.2) is 23.4 Å². The highest BCUT2D eigenvalue weighted by molar-refractivity contribution is 6.02. The van der Waals surface area contributed by atoms with Crippen molar-refractivity contribution in [2.24, 2.45) is 28.6 Å². The summed E-state index contributed by atoms with van der Waals surface area (Å²) >= 11 is 0. The van der Waals surface area contributed by atoms with Crippen LogP contribution < -0.4 is 0 Å². The van der Waals surface area contributed by atoms with Gasteiger partial charge in [-0.2, -0.15) is 0 Å². The molecule has 0 unspecified atom stereocenters. The summed E-state index contributed by atoms with van der Waals surface area (Å²) < 4.78 is 0. The van der Waals surface area contributed by atoms with Crippen LogP contribution >= 0.6 is 0 Å². The second-order valence-corrected chi connectivity index (χ2v) is 10.0. The second-order valence-electron chi connectivity index (χ2n) is 10.0. The van der Waals surface area contributed by atoms with Gasteiger partial charge in [-0.15, -0.1) is 0 Å². The SMILES string of the molecule is CCN(/C=C1\C[C@H]2[C@@H]3CC=C4C[C@H](O)CC[C@]4(C)[C@H]3CC[C@]2(C)C1=O)CC. The van der Waals surface area contributed by atoms with Gasteiger partial charge in [0.25, 0.3) is 0 Å². The quantitative estimate of drug-likeness (QED) is 0.577. The molecule has 0 radical (unpaired) electrons. The number of hydrogen-bond acceptors (Lipinski definition) is 3. The van der Waals surface area contributed by atoms with Crippen molar-refractivity contribution in [3.05, 3.63) is 23.4 Å². The van der Waals surface area contributed by atoms with Crippen molar-refractivity contribution in [1.82, 2.24) is 4.90 Å². The Bertz CT molecular complexity index is 676. The molecule has 4 rings (SSSR count). The number of rotatable bonds is 3. The molecule has 4 aliphatic rings. The monoisotopic (exact) mass is 371 g/mol. The van der Waals surface area contributed by atoms with Crippen molar-refractivity contribution in [2.75, 3.05) is 13.1 Å². The molecule has 3 heteroatoms. The number of Topliss-reactive ketones (excluding diaryl/α,β-unsaturated/α-hetero) is 1. The van der Waals surface area contributed by atoms with Gasteiger partial charge < -0.3 is 10.0 Å². The fraction of sp³-hybridized carbons (Fsp3) is 0.792. The highest BCUT2D eigenvalue weighted by Crippen LogP contribution is 2.64. The van der Waals surface area contributed by atoms with E-state index in [1.165, 1.54) is 12.0 Å². The molecular formula is C24H37NO2. The van der Waals surface area contributed by atoms with Gasteiger partial charge in [0.05, 0.1) is 6.10 Å².